The first-order valence-electron chi connectivity index (χ1n) is 6.67. The summed E-state index contributed by atoms with van der Waals surface area (Å²) in [6.07, 6.45) is 2.69. The molecule has 1 aromatic carbocycles. The summed E-state index contributed by atoms with van der Waals surface area (Å²) in [7, 11) is 0. The summed E-state index contributed by atoms with van der Waals surface area (Å²) >= 11 is 0. The third-order valence-electron chi connectivity index (χ3n) is 4.12. The molecule has 0 saturated carbocycles. The van der Waals surface area contributed by atoms with Crippen LogP contribution in [0.3, 0.4) is 0 Å². The van der Waals surface area contributed by atoms with E-state index in [4.69, 9.17) is 0 Å². The fourth-order valence-corrected chi connectivity index (χ4v) is 2.68. The number of aromatic nitrogens is 3. The van der Waals surface area contributed by atoms with Crippen molar-refractivity contribution < 1.29 is 9.90 Å². The zero-order valence-corrected chi connectivity index (χ0v) is 11.6. The Morgan fingerprint density at radius 3 is 2.42 bits per heavy atom. The van der Waals surface area contributed by atoms with Crippen molar-refractivity contribution >= 4 is 17.0 Å². The van der Waals surface area contributed by atoms with E-state index < -0.39 is 5.97 Å². The number of aromatic carboxylic acids is 1. The van der Waals surface area contributed by atoms with Gasteiger partial charge in [0.15, 0.2) is 0 Å². The zero-order chi connectivity index (χ0) is 14.0. The summed E-state index contributed by atoms with van der Waals surface area (Å²) in [6.45, 7) is 6.30. The van der Waals surface area contributed by atoms with Crippen molar-refractivity contribution in [2.75, 3.05) is 0 Å². The average molecular weight is 261 g/mol. The topological polar surface area (TPSA) is 68.0 Å². The molecule has 0 unspecified atom stereocenters. The molecule has 1 N–H and O–H groups in total. The molecule has 1 aromatic heterocycles. The van der Waals surface area contributed by atoms with Crippen LogP contribution in [0.5, 0.6) is 0 Å². The van der Waals surface area contributed by atoms with Gasteiger partial charge in [-0.1, -0.05) is 32.1 Å². The van der Waals surface area contributed by atoms with E-state index >= 15 is 0 Å². The Morgan fingerprint density at radius 2 is 1.89 bits per heavy atom. The second kappa shape index (κ2) is 4.99. The van der Waals surface area contributed by atoms with E-state index in [2.05, 4.69) is 31.1 Å². The minimum atomic E-state index is -0.939. The van der Waals surface area contributed by atoms with Crippen molar-refractivity contribution in [3.8, 4) is 0 Å². The Labute approximate surface area is 112 Å². The number of fused-ring (bicyclic) bond motifs is 1. The molecule has 0 aliphatic rings. The van der Waals surface area contributed by atoms with E-state index in [1.807, 2.05) is 4.68 Å². The van der Waals surface area contributed by atoms with E-state index in [1.54, 1.807) is 18.2 Å². The smallest absolute Gasteiger partial charge is 0.337 e. The van der Waals surface area contributed by atoms with Gasteiger partial charge in [-0.05, 0) is 31.4 Å². The van der Waals surface area contributed by atoms with Crippen molar-refractivity contribution in [2.45, 2.75) is 45.6 Å². The van der Waals surface area contributed by atoms with E-state index in [1.165, 1.54) is 0 Å². The van der Waals surface area contributed by atoms with Gasteiger partial charge in [-0.25, -0.2) is 9.48 Å². The lowest BCUT2D eigenvalue weighted by Gasteiger charge is -2.31. The van der Waals surface area contributed by atoms with Crippen LogP contribution in [0.15, 0.2) is 18.2 Å². The summed E-state index contributed by atoms with van der Waals surface area (Å²) in [5.74, 6) is -0.939. The van der Waals surface area contributed by atoms with Crippen molar-refractivity contribution in [1.29, 1.82) is 0 Å². The first-order valence-corrected chi connectivity index (χ1v) is 6.67. The molecule has 0 fully saturated rings. The van der Waals surface area contributed by atoms with Crippen LogP contribution in [0.4, 0.5) is 0 Å². The molecule has 0 bridgehead atoms. The minimum absolute atomic E-state index is 0.166. The van der Waals surface area contributed by atoms with Crippen LogP contribution in [0.25, 0.3) is 11.0 Å². The van der Waals surface area contributed by atoms with Crippen LogP contribution in [0, 0.1) is 0 Å². The monoisotopic (exact) mass is 261 g/mol. The summed E-state index contributed by atoms with van der Waals surface area (Å²) in [5, 5.41) is 17.7. The molecule has 2 aromatic rings. The summed E-state index contributed by atoms with van der Waals surface area (Å²) in [6, 6.07) is 5.11. The number of para-hydroxylation sites is 1. The first kappa shape index (κ1) is 13.5. The van der Waals surface area contributed by atoms with E-state index in [9.17, 15) is 9.90 Å². The standard InChI is InChI=1S/C14H19N3O2/c1-4-14(5-2,6-3)17-12-10(13(18)19)8-7-9-11(12)15-16-17/h7-9H,4-6H2,1-3H3,(H,18,19). The predicted molar refractivity (Wildman–Crippen MR) is 73.3 cm³/mol. The van der Waals surface area contributed by atoms with Crippen LogP contribution in [0.2, 0.25) is 0 Å². The molecule has 0 aliphatic carbocycles. The van der Waals surface area contributed by atoms with Gasteiger partial charge in [-0.15, -0.1) is 5.10 Å². The second-order valence-corrected chi connectivity index (χ2v) is 4.76. The number of rotatable bonds is 5. The molecule has 2 rings (SSSR count). The lowest BCUT2D eigenvalue weighted by atomic mass is 9.89. The van der Waals surface area contributed by atoms with Gasteiger partial charge in [0, 0.05) is 0 Å². The molecule has 5 nitrogen and oxygen atoms in total. The van der Waals surface area contributed by atoms with Crippen LogP contribution in [-0.2, 0) is 5.54 Å². The van der Waals surface area contributed by atoms with Crippen LogP contribution in [0.1, 0.15) is 50.4 Å². The molecule has 1 heterocycles. The fourth-order valence-electron chi connectivity index (χ4n) is 2.68. The van der Waals surface area contributed by atoms with Gasteiger partial charge < -0.3 is 5.11 Å². The van der Waals surface area contributed by atoms with Gasteiger partial charge in [0.05, 0.1) is 11.1 Å². The molecule has 5 heteroatoms. The first-order chi connectivity index (χ1) is 9.09. The third-order valence-corrected chi connectivity index (χ3v) is 4.12. The van der Waals surface area contributed by atoms with E-state index in [0.717, 1.165) is 19.3 Å². The largest absolute Gasteiger partial charge is 0.478 e. The van der Waals surface area contributed by atoms with Crippen LogP contribution < -0.4 is 0 Å². The maximum atomic E-state index is 11.4. The maximum absolute atomic E-state index is 11.4. The highest BCUT2D eigenvalue weighted by atomic mass is 16.4. The normalized spacial score (nSPS) is 11.9. The van der Waals surface area contributed by atoms with Crippen LogP contribution >= 0.6 is 0 Å². The van der Waals surface area contributed by atoms with Gasteiger partial charge >= 0.3 is 5.97 Å². The van der Waals surface area contributed by atoms with Crippen molar-refractivity contribution in [3.63, 3.8) is 0 Å². The molecule has 102 valence electrons. The van der Waals surface area contributed by atoms with Gasteiger partial charge in [-0.2, -0.15) is 0 Å². The number of benzene rings is 1. The predicted octanol–water partition coefficient (Wildman–Crippen LogP) is 3.05. The summed E-state index contributed by atoms with van der Waals surface area (Å²) in [5.41, 5.74) is 1.36. The highest BCUT2D eigenvalue weighted by molar-refractivity contribution is 6.00. The van der Waals surface area contributed by atoms with E-state index in [0.29, 0.717) is 11.0 Å². The molecule has 0 aliphatic heterocycles. The van der Waals surface area contributed by atoms with E-state index in [-0.39, 0.29) is 11.1 Å². The van der Waals surface area contributed by atoms with Gasteiger partial charge in [0.25, 0.3) is 0 Å². The molecule has 0 amide bonds. The molecule has 0 radical (unpaired) electrons. The Morgan fingerprint density at radius 1 is 1.26 bits per heavy atom. The highest BCUT2D eigenvalue weighted by Crippen LogP contribution is 2.32. The average Bonchev–Trinajstić information content (AvgIpc) is 2.86. The molecular formula is C14H19N3O2. The molecule has 0 saturated heterocycles. The molecule has 19 heavy (non-hydrogen) atoms. The van der Waals surface area contributed by atoms with Gasteiger partial charge in [0.2, 0.25) is 0 Å². The number of hydrogen-bond donors (Lipinski definition) is 1. The number of carbonyl (C=O) groups is 1. The van der Waals surface area contributed by atoms with Crippen molar-refractivity contribution in [2.24, 2.45) is 0 Å². The quantitative estimate of drug-likeness (QED) is 0.898. The fraction of sp³-hybridized carbons (Fsp3) is 0.500. The highest BCUT2D eigenvalue weighted by Gasteiger charge is 2.30. The third kappa shape index (κ3) is 1.99. The molecule has 0 atom stereocenters. The Balaban J connectivity index is 2.77. The lowest BCUT2D eigenvalue weighted by Crippen LogP contribution is -2.33. The number of carboxylic acids is 1. The Kier molecular flexibility index (Phi) is 3.55. The Hall–Kier alpha value is -1.91. The summed E-state index contributed by atoms with van der Waals surface area (Å²) < 4.78 is 1.81. The number of hydrogen-bond acceptors (Lipinski definition) is 3. The van der Waals surface area contributed by atoms with Crippen LogP contribution in [-0.4, -0.2) is 26.1 Å². The Bertz CT molecular complexity index is 591. The van der Waals surface area contributed by atoms with Gasteiger partial charge in [0.1, 0.15) is 11.0 Å². The van der Waals surface area contributed by atoms with Crippen molar-refractivity contribution in [1.82, 2.24) is 15.0 Å². The second-order valence-electron chi connectivity index (χ2n) is 4.76. The number of carboxylic acid groups (broad SMARTS) is 1. The van der Waals surface area contributed by atoms with Crippen molar-refractivity contribution in [3.05, 3.63) is 23.8 Å². The summed E-state index contributed by atoms with van der Waals surface area (Å²) in [4.78, 5) is 11.4. The van der Waals surface area contributed by atoms with Gasteiger partial charge in [-0.3, -0.25) is 0 Å². The number of nitrogens with zero attached hydrogens (tertiary/aromatic N) is 3. The molecular weight excluding hydrogens is 242 g/mol. The minimum Gasteiger partial charge on any atom is -0.478 e. The molecule has 0 spiro atoms. The zero-order valence-electron chi connectivity index (χ0n) is 11.6. The maximum Gasteiger partial charge on any atom is 0.337 e. The SMILES string of the molecule is CCC(CC)(CC)n1nnc2cccc(C(=O)O)c21. The lowest BCUT2D eigenvalue weighted by molar-refractivity contribution is 0.0698.